The molecule has 0 aliphatic carbocycles. The summed E-state index contributed by atoms with van der Waals surface area (Å²) in [4.78, 5) is 0. The fraction of sp³-hybridized carbons (Fsp3) is 0. The smallest absolute Gasteiger partial charge is 0.178 e. The molecule has 4 aromatic carbocycles. The molecule has 0 bridgehead atoms. The number of para-hydroxylation sites is 1. The van der Waals surface area contributed by atoms with Crippen LogP contribution in [-0.4, -0.2) is 0 Å². The van der Waals surface area contributed by atoms with Crippen LogP contribution in [0.4, 0.5) is 0 Å². The monoisotopic (exact) mass is 334 g/mol. The van der Waals surface area contributed by atoms with E-state index in [2.05, 4.69) is 54.6 Å². The highest BCUT2D eigenvalue weighted by Crippen LogP contribution is 2.39. The molecule has 6 aromatic rings. The van der Waals surface area contributed by atoms with E-state index in [0.29, 0.717) is 0 Å². The minimum absolute atomic E-state index is 0.818. The Morgan fingerprint density at radius 3 is 1.88 bits per heavy atom. The van der Waals surface area contributed by atoms with Crippen LogP contribution in [0.1, 0.15) is 0 Å². The molecule has 0 saturated heterocycles. The Labute approximate surface area is 149 Å². The Bertz CT molecular complexity index is 1420. The summed E-state index contributed by atoms with van der Waals surface area (Å²) < 4.78 is 12.3. The first-order valence-corrected chi connectivity index (χ1v) is 8.70. The Morgan fingerprint density at radius 1 is 0.423 bits per heavy atom. The molecule has 0 aliphatic rings. The van der Waals surface area contributed by atoms with Gasteiger partial charge in [0.25, 0.3) is 0 Å². The maximum atomic E-state index is 6.19. The van der Waals surface area contributed by atoms with Crippen LogP contribution in [0.25, 0.3) is 55.0 Å². The van der Waals surface area contributed by atoms with E-state index < -0.39 is 0 Å². The largest absolute Gasteiger partial charge is 0.452 e. The van der Waals surface area contributed by atoms with E-state index in [-0.39, 0.29) is 0 Å². The minimum Gasteiger partial charge on any atom is -0.452 e. The average Bonchev–Trinajstić information content (AvgIpc) is 3.26. The Kier molecular flexibility index (Phi) is 2.64. The van der Waals surface area contributed by atoms with Gasteiger partial charge < -0.3 is 8.83 Å². The van der Waals surface area contributed by atoms with E-state index >= 15 is 0 Å². The maximum absolute atomic E-state index is 6.19. The molecule has 2 heterocycles. The second-order valence-electron chi connectivity index (χ2n) is 6.60. The molecule has 122 valence electrons. The zero-order chi connectivity index (χ0) is 17.1. The van der Waals surface area contributed by atoms with Crippen LogP contribution in [0.5, 0.6) is 0 Å². The highest BCUT2D eigenvalue weighted by atomic mass is 16.4. The highest BCUT2D eigenvalue weighted by molar-refractivity contribution is 6.19. The lowest BCUT2D eigenvalue weighted by molar-refractivity contribution is 0.633. The van der Waals surface area contributed by atoms with E-state index in [0.717, 1.165) is 43.9 Å². The van der Waals surface area contributed by atoms with Crippen LogP contribution >= 0.6 is 0 Å². The van der Waals surface area contributed by atoms with E-state index in [1.54, 1.807) is 0 Å². The first-order valence-electron chi connectivity index (χ1n) is 8.70. The molecule has 2 heteroatoms. The van der Waals surface area contributed by atoms with E-state index in [1.165, 1.54) is 11.1 Å². The third-order valence-corrected chi connectivity index (χ3v) is 5.09. The summed E-state index contributed by atoms with van der Waals surface area (Å²) in [6, 6.07) is 29.1. The van der Waals surface area contributed by atoms with Crippen LogP contribution in [-0.2, 0) is 0 Å². The van der Waals surface area contributed by atoms with Gasteiger partial charge in [-0.15, -0.1) is 0 Å². The van der Waals surface area contributed by atoms with Crippen molar-refractivity contribution < 1.29 is 8.83 Å². The predicted octanol–water partition coefficient (Wildman–Crippen LogP) is 7.15. The van der Waals surface area contributed by atoms with Crippen molar-refractivity contribution in [1.29, 1.82) is 0 Å². The molecule has 0 amide bonds. The van der Waals surface area contributed by atoms with Gasteiger partial charge >= 0.3 is 0 Å². The van der Waals surface area contributed by atoms with Crippen LogP contribution < -0.4 is 0 Å². The maximum Gasteiger partial charge on any atom is 0.178 e. The zero-order valence-electron chi connectivity index (χ0n) is 13.9. The second-order valence-corrected chi connectivity index (χ2v) is 6.60. The summed E-state index contributed by atoms with van der Waals surface area (Å²) in [6.07, 6.45) is 0. The van der Waals surface area contributed by atoms with Gasteiger partial charge in [-0.1, -0.05) is 54.6 Å². The van der Waals surface area contributed by atoms with Crippen LogP contribution in [0.2, 0.25) is 0 Å². The number of hydrogen-bond donors (Lipinski definition) is 0. The van der Waals surface area contributed by atoms with Crippen molar-refractivity contribution in [1.82, 2.24) is 0 Å². The number of furan rings is 2. The fourth-order valence-electron chi connectivity index (χ4n) is 3.83. The van der Waals surface area contributed by atoms with Crippen molar-refractivity contribution in [2.45, 2.75) is 0 Å². The average molecular weight is 334 g/mol. The van der Waals surface area contributed by atoms with Crippen molar-refractivity contribution in [3.8, 4) is 11.1 Å². The third-order valence-electron chi connectivity index (χ3n) is 5.09. The first kappa shape index (κ1) is 13.7. The Balaban J connectivity index is 1.70. The molecule has 0 radical (unpaired) electrons. The molecule has 0 saturated carbocycles. The van der Waals surface area contributed by atoms with Crippen molar-refractivity contribution in [2.24, 2.45) is 0 Å². The quantitative estimate of drug-likeness (QED) is 0.319. The number of rotatable bonds is 1. The van der Waals surface area contributed by atoms with Crippen LogP contribution in [0, 0.1) is 0 Å². The molecule has 2 aromatic heterocycles. The normalized spacial score (nSPS) is 11.8. The molecule has 0 spiro atoms. The van der Waals surface area contributed by atoms with E-state index in [9.17, 15) is 0 Å². The molecule has 2 nitrogen and oxygen atoms in total. The number of fused-ring (bicyclic) bond motifs is 7. The standard InChI is InChI=1S/C24H14O2/c1-2-6-15(7-3-1)16-10-13-22-20(14-16)19-12-11-18-17-8-4-5-9-21(17)25-23(18)24(19)26-22/h1-14H. The summed E-state index contributed by atoms with van der Waals surface area (Å²) in [5, 5.41) is 4.42. The van der Waals surface area contributed by atoms with Crippen LogP contribution in [0.15, 0.2) is 93.8 Å². The van der Waals surface area contributed by atoms with Gasteiger partial charge in [0.1, 0.15) is 11.2 Å². The molecular formula is C24H14O2. The van der Waals surface area contributed by atoms with Crippen molar-refractivity contribution in [2.75, 3.05) is 0 Å². The van der Waals surface area contributed by atoms with Gasteiger partial charge in [-0.2, -0.15) is 0 Å². The Hall–Kier alpha value is -3.52. The van der Waals surface area contributed by atoms with Crippen molar-refractivity contribution >= 4 is 43.9 Å². The molecule has 6 rings (SSSR count). The highest BCUT2D eigenvalue weighted by Gasteiger charge is 2.15. The van der Waals surface area contributed by atoms with E-state index in [1.807, 2.05) is 30.3 Å². The summed E-state index contributed by atoms with van der Waals surface area (Å²) in [5.74, 6) is 0. The number of benzene rings is 4. The lowest BCUT2D eigenvalue weighted by atomic mass is 10.0. The molecule has 26 heavy (non-hydrogen) atoms. The molecule has 0 fully saturated rings. The molecular weight excluding hydrogens is 320 g/mol. The zero-order valence-corrected chi connectivity index (χ0v) is 13.9. The van der Waals surface area contributed by atoms with Gasteiger partial charge in [0.2, 0.25) is 0 Å². The van der Waals surface area contributed by atoms with Gasteiger partial charge in [0.15, 0.2) is 11.2 Å². The lowest BCUT2D eigenvalue weighted by Gasteiger charge is -2.01. The van der Waals surface area contributed by atoms with Crippen LogP contribution in [0.3, 0.4) is 0 Å². The van der Waals surface area contributed by atoms with Gasteiger partial charge in [0.05, 0.1) is 0 Å². The molecule has 0 N–H and O–H groups in total. The number of hydrogen-bond acceptors (Lipinski definition) is 2. The minimum atomic E-state index is 0.818. The topological polar surface area (TPSA) is 26.3 Å². The summed E-state index contributed by atoms with van der Waals surface area (Å²) in [7, 11) is 0. The Morgan fingerprint density at radius 2 is 1.08 bits per heavy atom. The third kappa shape index (κ3) is 1.81. The lowest BCUT2D eigenvalue weighted by Crippen LogP contribution is -1.76. The predicted molar refractivity (Wildman–Crippen MR) is 106 cm³/mol. The van der Waals surface area contributed by atoms with Gasteiger partial charge in [-0.05, 0) is 41.5 Å². The SMILES string of the molecule is c1ccc(-c2ccc3oc4c(ccc5c6ccccc6oc54)c3c2)cc1. The molecule has 0 atom stereocenters. The first-order chi connectivity index (χ1) is 12.9. The molecule has 0 aliphatic heterocycles. The van der Waals surface area contributed by atoms with Gasteiger partial charge in [-0.25, -0.2) is 0 Å². The fourth-order valence-corrected chi connectivity index (χ4v) is 3.83. The summed E-state index contributed by atoms with van der Waals surface area (Å²) in [6.45, 7) is 0. The van der Waals surface area contributed by atoms with Crippen molar-refractivity contribution in [3.63, 3.8) is 0 Å². The van der Waals surface area contributed by atoms with Crippen molar-refractivity contribution in [3.05, 3.63) is 84.9 Å². The summed E-state index contributed by atoms with van der Waals surface area (Å²) >= 11 is 0. The van der Waals surface area contributed by atoms with E-state index in [4.69, 9.17) is 8.83 Å². The van der Waals surface area contributed by atoms with Gasteiger partial charge in [0, 0.05) is 21.5 Å². The second kappa shape index (κ2) is 4.99. The van der Waals surface area contributed by atoms with Gasteiger partial charge in [-0.3, -0.25) is 0 Å². The molecule has 0 unspecified atom stereocenters. The summed E-state index contributed by atoms with van der Waals surface area (Å²) in [5.41, 5.74) is 5.80.